The van der Waals surface area contributed by atoms with Gasteiger partial charge in [-0.2, -0.15) is 0 Å². The summed E-state index contributed by atoms with van der Waals surface area (Å²) >= 11 is 0. The van der Waals surface area contributed by atoms with Gasteiger partial charge in [0.2, 0.25) is 0 Å². The van der Waals surface area contributed by atoms with Gasteiger partial charge >= 0.3 is 11.9 Å². The van der Waals surface area contributed by atoms with E-state index in [2.05, 4.69) is 25.7 Å². The summed E-state index contributed by atoms with van der Waals surface area (Å²) in [6, 6.07) is 1.62. The molecule has 0 saturated heterocycles. The van der Waals surface area contributed by atoms with Gasteiger partial charge < -0.3 is 13.9 Å². The number of hydrogen-bond donors (Lipinski definition) is 1. The van der Waals surface area contributed by atoms with E-state index in [0.717, 1.165) is 56.3 Å². The van der Waals surface area contributed by atoms with Crippen LogP contribution in [-0.4, -0.2) is 32.2 Å². The molecule has 3 rings (SSSR count). The van der Waals surface area contributed by atoms with Crippen LogP contribution in [0.25, 0.3) is 0 Å². The molecule has 3 unspecified atom stereocenters. The third-order valence-electron chi connectivity index (χ3n) is 8.33. The van der Waals surface area contributed by atoms with E-state index < -0.39 is 11.5 Å². The molecule has 5 atom stereocenters. The summed E-state index contributed by atoms with van der Waals surface area (Å²) in [4.78, 5) is 24.4. The zero-order valence-electron chi connectivity index (χ0n) is 20.3. The summed E-state index contributed by atoms with van der Waals surface area (Å²) < 4.78 is 15.7. The zero-order valence-corrected chi connectivity index (χ0v) is 20.3. The molecule has 0 bridgehead atoms. The van der Waals surface area contributed by atoms with Gasteiger partial charge in [0.05, 0.1) is 32.4 Å². The Bertz CT molecular complexity index is 845. The van der Waals surface area contributed by atoms with E-state index in [1.807, 2.05) is 6.07 Å². The van der Waals surface area contributed by atoms with Crippen molar-refractivity contribution >= 4 is 11.9 Å². The average molecular weight is 446 g/mol. The van der Waals surface area contributed by atoms with Crippen LogP contribution in [0.15, 0.2) is 28.9 Å². The first-order chi connectivity index (χ1) is 15.2. The Balaban J connectivity index is 1.72. The number of carbonyl (C=O) groups excluding carboxylic acids is 2. The van der Waals surface area contributed by atoms with Gasteiger partial charge in [0, 0.05) is 0 Å². The topological polar surface area (TPSA) is 77.8 Å². The quantitative estimate of drug-likeness (QED) is 0.457. The second-order valence-electron chi connectivity index (χ2n) is 10.1. The summed E-state index contributed by atoms with van der Waals surface area (Å²) in [6.07, 6.45) is 8.58. The second-order valence-corrected chi connectivity index (χ2v) is 10.1. The summed E-state index contributed by atoms with van der Waals surface area (Å²) in [6.45, 7) is 11.2. The monoisotopic (exact) mass is 445 g/mol. The maximum Gasteiger partial charge on any atom is 0.322 e. The molecular weight excluding hydrogens is 406 g/mol. The van der Waals surface area contributed by atoms with Crippen molar-refractivity contribution in [1.29, 1.82) is 0 Å². The summed E-state index contributed by atoms with van der Waals surface area (Å²) in [5.74, 6) is 1.16. The minimum absolute atomic E-state index is 0.0398. The molecule has 0 aliphatic heterocycles. The number of methoxy groups -OCH3 is 2. The minimum Gasteiger partial charge on any atom is -0.469 e. The minimum atomic E-state index is -0.421. The number of allylic oxidation sites excluding steroid dienone is 1. The molecule has 2 aliphatic carbocycles. The number of rotatable bonds is 8. The van der Waals surface area contributed by atoms with Gasteiger partial charge in [0.1, 0.15) is 11.8 Å². The van der Waals surface area contributed by atoms with Crippen LogP contribution in [0.2, 0.25) is 0 Å². The van der Waals surface area contributed by atoms with E-state index in [1.54, 1.807) is 13.2 Å². The molecule has 0 radical (unpaired) electrons. The Morgan fingerprint density at radius 3 is 2.72 bits per heavy atom. The van der Waals surface area contributed by atoms with Gasteiger partial charge in [-0.3, -0.25) is 14.9 Å². The van der Waals surface area contributed by atoms with Crippen LogP contribution < -0.4 is 5.32 Å². The third-order valence-corrected chi connectivity index (χ3v) is 8.33. The summed E-state index contributed by atoms with van der Waals surface area (Å²) in [5, 5.41) is 3.17. The van der Waals surface area contributed by atoms with Crippen LogP contribution in [0.1, 0.15) is 70.6 Å². The van der Waals surface area contributed by atoms with E-state index in [-0.39, 0.29) is 17.4 Å². The molecule has 1 heterocycles. The highest BCUT2D eigenvalue weighted by molar-refractivity contribution is 5.77. The maximum atomic E-state index is 12.8. The molecule has 2 fully saturated rings. The van der Waals surface area contributed by atoms with Crippen LogP contribution >= 0.6 is 0 Å². The summed E-state index contributed by atoms with van der Waals surface area (Å²) in [5.41, 5.74) is 2.08. The average Bonchev–Trinajstić information content (AvgIpc) is 3.22. The number of hydrogen-bond acceptors (Lipinski definition) is 6. The first kappa shape index (κ1) is 24.6. The number of esters is 2. The zero-order chi connectivity index (χ0) is 23.5. The predicted molar refractivity (Wildman–Crippen MR) is 123 cm³/mol. The van der Waals surface area contributed by atoms with Crippen LogP contribution in [0.3, 0.4) is 0 Å². The summed E-state index contributed by atoms with van der Waals surface area (Å²) in [7, 11) is 2.90. The fourth-order valence-electron chi connectivity index (χ4n) is 6.51. The largest absolute Gasteiger partial charge is 0.469 e. The van der Waals surface area contributed by atoms with Crippen molar-refractivity contribution in [3.05, 3.63) is 35.8 Å². The van der Waals surface area contributed by atoms with Crippen molar-refractivity contribution in [3.8, 4) is 0 Å². The number of aryl methyl sites for hydroxylation is 1. The number of fused-ring (bicyclic) bond motifs is 1. The highest BCUT2D eigenvalue weighted by Crippen LogP contribution is 2.62. The van der Waals surface area contributed by atoms with E-state index in [1.165, 1.54) is 19.8 Å². The van der Waals surface area contributed by atoms with Crippen molar-refractivity contribution in [2.75, 3.05) is 14.2 Å². The Hall–Kier alpha value is -2.08. The smallest absolute Gasteiger partial charge is 0.322 e. The van der Waals surface area contributed by atoms with Gasteiger partial charge in [-0.1, -0.05) is 25.5 Å². The van der Waals surface area contributed by atoms with Crippen LogP contribution in [0.5, 0.6) is 0 Å². The van der Waals surface area contributed by atoms with E-state index >= 15 is 0 Å². The highest BCUT2D eigenvalue weighted by atomic mass is 16.5. The van der Waals surface area contributed by atoms with Gasteiger partial charge in [-0.25, -0.2) is 0 Å². The molecule has 1 N–H and O–H groups in total. The Morgan fingerprint density at radius 1 is 1.28 bits per heavy atom. The van der Waals surface area contributed by atoms with Crippen molar-refractivity contribution in [1.82, 2.24) is 5.32 Å². The molecule has 0 aromatic carbocycles. The van der Waals surface area contributed by atoms with Gasteiger partial charge in [0.25, 0.3) is 0 Å². The standard InChI is InChI=1S/C26H39NO5/c1-17-8-11-22-25(3,13-7-14-26(22,4)24(29)31-6)20(17)10-9-19-12-15-32-21(19)16-27-18(2)23(28)30-5/h12,15,18,20,22,27H,1,7-11,13-14,16H2,2-6H3/t18?,20-,22?,25+,26?/m0/s1. The van der Waals surface area contributed by atoms with Gasteiger partial charge in [-0.05, 0) is 81.3 Å². The number of furan rings is 1. The SMILES string of the molecule is C=C1CCC2C(C)(C(=O)OC)CCC[C@]2(C)[C@H]1CCc1ccoc1CNC(C)C(=O)OC. The molecule has 6 heteroatoms. The Labute approximate surface area is 192 Å². The second kappa shape index (κ2) is 9.82. The first-order valence-electron chi connectivity index (χ1n) is 11.8. The lowest BCUT2D eigenvalue weighted by Crippen LogP contribution is -2.53. The lowest BCUT2D eigenvalue weighted by molar-refractivity contribution is -0.168. The van der Waals surface area contributed by atoms with Gasteiger partial charge in [-0.15, -0.1) is 0 Å². The van der Waals surface area contributed by atoms with Crippen molar-refractivity contribution in [3.63, 3.8) is 0 Å². The number of ether oxygens (including phenoxy) is 2. The molecule has 1 aromatic heterocycles. The molecule has 2 aliphatic rings. The van der Waals surface area contributed by atoms with Crippen LogP contribution in [0, 0.1) is 22.7 Å². The Morgan fingerprint density at radius 2 is 2.03 bits per heavy atom. The molecule has 1 aromatic rings. The number of carbonyl (C=O) groups is 2. The molecular formula is C26H39NO5. The molecule has 32 heavy (non-hydrogen) atoms. The molecule has 2 saturated carbocycles. The fraction of sp³-hybridized carbons (Fsp3) is 0.692. The van der Waals surface area contributed by atoms with Crippen molar-refractivity contribution in [2.45, 2.75) is 78.3 Å². The van der Waals surface area contributed by atoms with Crippen LogP contribution in [0.4, 0.5) is 0 Å². The Kier molecular flexibility index (Phi) is 7.53. The first-order valence-corrected chi connectivity index (χ1v) is 11.8. The molecule has 0 spiro atoms. The predicted octanol–water partition coefficient (Wildman–Crippen LogP) is 4.82. The van der Waals surface area contributed by atoms with E-state index in [4.69, 9.17) is 13.9 Å². The molecule has 178 valence electrons. The fourth-order valence-corrected chi connectivity index (χ4v) is 6.51. The third kappa shape index (κ3) is 4.52. The van der Waals surface area contributed by atoms with Crippen LogP contribution in [-0.2, 0) is 32.0 Å². The molecule has 0 amide bonds. The van der Waals surface area contributed by atoms with Crippen molar-refractivity contribution in [2.24, 2.45) is 22.7 Å². The number of nitrogens with one attached hydrogen (secondary N) is 1. The normalized spacial score (nSPS) is 31.0. The van der Waals surface area contributed by atoms with Gasteiger partial charge in [0.15, 0.2) is 0 Å². The maximum absolute atomic E-state index is 12.8. The lowest BCUT2D eigenvalue weighted by Gasteiger charge is -2.57. The van der Waals surface area contributed by atoms with E-state index in [0.29, 0.717) is 18.4 Å². The highest BCUT2D eigenvalue weighted by Gasteiger charge is 2.57. The lowest BCUT2D eigenvalue weighted by atomic mass is 9.46. The van der Waals surface area contributed by atoms with E-state index in [9.17, 15) is 9.59 Å². The van der Waals surface area contributed by atoms with Crippen molar-refractivity contribution < 1.29 is 23.5 Å². The molecule has 6 nitrogen and oxygen atoms in total.